The van der Waals surface area contributed by atoms with Crippen molar-refractivity contribution in [1.82, 2.24) is 19.6 Å². The first-order valence-electron chi connectivity index (χ1n) is 11.4. The van der Waals surface area contributed by atoms with Gasteiger partial charge in [0.2, 0.25) is 21.9 Å². The third-order valence-electron chi connectivity index (χ3n) is 6.18. The summed E-state index contributed by atoms with van der Waals surface area (Å²) in [5.74, 6) is 0.612. The number of carbonyl (C=O) groups excluding carboxylic acids is 1. The van der Waals surface area contributed by atoms with E-state index in [1.807, 2.05) is 27.8 Å². The van der Waals surface area contributed by atoms with Gasteiger partial charge in [-0.3, -0.25) is 4.79 Å². The molecule has 32 heavy (non-hydrogen) atoms. The van der Waals surface area contributed by atoms with Crippen LogP contribution in [0.15, 0.2) is 28.1 Å². The molecule has 2 aromatic rings. The molecule has 8 nitrogen and oxygen atoms in total. The third kappa shape index (κ3) is 5.75. The zero-order valence-corrected chi connectivity index (χ0v) is 20.5. The molecule has 9 heteroatoms. The molecule has 1 heterocycles. The minimum absolute atomic E-state index is 0.0281. The maximum absolute atomic E-state index is 13.0. The van der Waals surface area contributed by atoms with Crippen molar-refractivity contribution in [3.05, 3.63) is 18.2 Å². The summed E-state index contributed by atoms with van der Waals surface area (Å²) in [6.45, 7) is 8.04. The van der Waals surface area contributed by atoms with Crippen LogP contribution >= 0.6 is 0 Å². The van der Waals surface area contributed by atoms with Gasteiger partial charge in [0.25, 0.3) is 0 Å². The number of aliphatic imine (C=N–C) groups is 1. The van der Waals surface area contributed by atoms with E-state index in [2.05, 4.69) is 26.6 Å². The van der Waals surface area contributed by atoms with Crippen molar-refractivity contribution >= 4 is 38.6 Å². The number of rotatable bonds is 8. The van der Waals surface area contributed by atoms with Crippen LogP contribution in [-0.2, 0) is 14.8 Å². The van der Waals surface area contributed by atoms with Gasteiger partial charge in [0, 0.05) is 30.8 Å². The molecule has 0 saturated heterocycles. The van der Waals surface area contributed by atoms with Gasteiger partial charge < -0.3 is 9.88 Å². The van der Waals surface area contributed by atoms with Crippen LogP contribution in [0.25, 0.3) is 11.0 Å². The number of nitrogens with zero attached hydrogens (tertiary/aromatic N) is 3. The number of H-pyrrole nitrogens is 1. The van der Waals surface area contributed by atoms with Crippen molar-refractivity contribution in [2.75, 3.05) is 7.05 Å². The van der Waals surface area contributed by atoms with E-state index in [4.69, 9.17) is 0 Å². The number of aromatic nitrogens is 2. The minimum atomic E-state index is -3.67. The molecule has 1 saturated carbocycles. The number of benzene rings is 1. The zero-order valence-electron chi connectivity index (χ0n) is 19.7. The monoisotopic (exact) mass is 461 g/mol. The molecule has 3 rings (SSSR count). The summed E-state index contributed by atoms with van der Waals surface area (Å²) >= 11 is 0. The highest BCUT2D eigenvalue weighted by Crippen LogP contribution is 2.28. The summed E-state index contributed by atoms with van der Waals surface area (Å²) in [7, 11) is -1.84. The molecule has 0 unspecified atom stereocenters. The third-order valence-corrected chi connectivity index (χ3v) is 7.70. The maximum atomic E-state index is 13.0. The summed E-state index contributed by atoms with van der Waals surface area (Å²) in [5.41, 5.74) is 2.30. The van der Waals surface area contributed by atoms with E-state index < -0.39 is 10.0 Å². The molecule has 1 aromatic carbocycles. The molecule has 0 radical (unpaired) electrons. The SMILES string of the molecule is CCCC(C)=Nc1nc2ccc(S(=O)(=O)NC3CCC(C(=O)N(C)C(C)C)CC3)cc2[nH]1. The molecule has 0 aliphatic heterocycles. The number of hydrogen-bond donors (Lipinski definition) is 2. The second-order valence-corrected chi connectivity index (χ2v) is 10.8. The fourth-order valence-corrected chi connectivity index (χ4v) is 5.41. The Labute approximate surface area is 191 Å². The molecular formula is C23H35N5O3S. The largest absolute Gasteiger partial charge is 0.343 e. The molecule has 1 aromatic heterocycles. The Morgan fingerprint density at radius 1 is 1.28 bits per heavy atom. The molecule has 0 bridgehead atoms. The second-order valence-electron chi connectivity index (χ2n) is 9.05. The number of fused-ring (bicyclic) bond motifs is 1. The van der Waals surface area contributed by atoms with Crippen LogP contribution in [0.1, 0.15) is 66.2 Å². The van der Waals surface area contributed by atoms with E-state index in [1.165, 1.54) is 0 Å². The van der Waals surface area contributed by atoms with Gasteiger partial charge in [-0.25, -0.2) is 23.1 Å². The summed E-state index contributed by atoms with van der Waals surface area (Å²) in [4.78, 5) is 26.5. The Morgan fingerprint density at radius 3 is 2.59 bits per heavy atom. The lowest BCUT2D eigenvalue weighted by atomic mass is 9.85. The molecule has 0 atom stereocenters. The van der Waals surface area contributed by atoms with E-state index in [0.717, 1.165) is 18.6 Å². The van der Waals surface area contributed by atoms with E-state index in [1.54, 1.807) is 23.1 Å². The quantitative estimate of drug-likeness (QED) is 0.576. The van der Waals surface area contributed by atoms with E-state index >= 15 is 0 Å². The van der Waals surface area contributed by atoms with Crippen LogP contribution in [0.5, 0.6) is 0 Å². The summed E-state index contributed by atoms with van der Waals surface area (Å²) in [6, 6.07) is 4.88. The van der Waals surface area contributed by atoms with Crippen molar-refractivity contribution in [1.29, 1.82) is 0 Å². The van der Waals surface area contributed by atoms with Gasteiger partial charge in [0.1, 0.15) is 0 Å². The van der Waals surface area contributed by atoms with Gasteiger partial charge in [-0.1, -0.05) is 13.3 Å². The summed E-state index contributed by atoms with van der Waals surface area (Å²) < 4.78 is 28.8. The predicted octanol–water partition coefficient (Wildman–Crippen LogP) is 4.16. The van der Waals surface area contributed by atoms with Crippen LogP contribution in [0, 0.1) is 5.92 Å². The van der Waals surface area contributed by atoms with Crippen LogP contribution in [0.2, 0.25) is 0 Å². The Morgan fingerprint density at radius 2 is 1.97 bits per heavy atom. The van der Waals surface area contributed by atoms with Gasteiger partial charge >= 0.3 is 0 Å². The molecule has 1 aliphatic carbocycles. The molecule has 176 valence electrons. The van der Waals surface area contributed by atoms with Gasteiger partial charge in [-0.2, -0.15) is 0 Å². The van der Waals surface area contributed by atoms with Crippen LogP contribution in [0.3, 0.4) is 0 Å². The van der Waals surface area contributed by atoms with E-state index in [9.17, 15) is 13.2 Å². The van der Waals surface area contributed by atoms with Gasteiger partial charge in [-0.05, 0) is 71.1 Å². The molecule has 1 fully saturated rings. The predicted molar refractivity (Wildman–Crippen MR) is 128 cm³/mol. The lowest BCUT2D eigenvalue weighted by Gasteiger charge is -2.32. The summed E-state index contributed by atoms with van der Waals surface area (Å²) in [5, 5.41) is 0. The summed E-state index contributed by atoms with van der Waals surface area (Å²) in [6.07, 6.45) is 4.60. The molecule has 1 amide bonds. The molecular weight excluding hydrogens is 426 g/mol. The Hall–Kier alpha value is -2.26. The average Bonchev–Trinajstić information content (AvgIpc) is 3.14. The Bertz CT molecular complexity index is 1080. The lowest BCUT2D eigenvalue weighted by Crippen LogP contribution is -2.42. The minimum Gasteiger partial charge on any atom is -0.343 e. The van der Waals surface area contributed by atoms with Crippen molar-refractivity contribution in [3.8, 4) is 0 Å². The number of aromatic amines is 1. The van der Waals surface area contributed by atoms with Crippen LogP contribution < -0.4 is 4.72 Å². The first kappa shape index (κ1) is 24.4. The number of imidazole rings is 1. The number of hydrogen-bond acceptors (Lipinski definition) is 5. The average molecular weight is 462 g/mol. The first-order valence-corrected chi connectivity index (χ1v) is 12.9. The zero-order chi connectivity index (χ0) is 23.5. The van der Waals surface area contributed by atoms with Crippen LogP contribution in [-0.4, -0.2) is 54.0 Å². The van der Waals surface area contributed by atoms with Crippen molar-refractivity contribution < 1.29 is 13.2 Å². The smallest absolute Gasteiger partial charge is 0.240 e. The number of amides is 1. The van der Waals surface area contributed by atoms with Crippen LogP contribution in [0.4, 0.5) is 5.95 Å². The van der Waals surface area contributed by atoms with Gasteiger partial charge in [-0.15, -0.1) is 0 Å². The topological polar surface area (TPSA) is 108 Å². The lowest BCUT2D eigenvalue weighted by molar-refractivity contribution is -0.136. The number of nitrogens with one attached hydrogen (secondary N) is 2. The standard InChI is InChI=1S/C23H35N5O3S/c1-6-7-16(4)24-23-25-20-13-12-19(14-21(20)26-23)32(30,31)27-18-10-8-17(9-11-18)22(29)28(5)15(2)3/h12-15,17-18,27H,6-11H2,1-5H3,(H,25,26). The number of carbonyl (C=O) groups is 1. The fourth-order valence-electron chi connectivity index (χ4n) is 4.08. The normalized spacial score (nSPS) is 20.1. The highest BCUT2D eigenvalue weighted by molar-refractivity contribution is 7.89. The van der Waals surface area contributed by atoms with Crippen molar-refractivity contribution in [3.63, 3.8) is 0 Å². The van der Waals surface area contributed by atoms with E-state index in [0.29, 0.717) is 42.7 Å². The molecule has 1 aliphatic rings. The highest BCUT2D eigenvalue weighted by atomic mass is 32.2. The van der Waals surface area contributed by atoms with E-state index in [-0.39, 0.29) is 28.8 Å². The Balaban J connectivity index is 1.67. The first-order chi connectivity index (χ1) is 15.1. The fraction of sp³-hybridized carbons (Fsp3) is 0.609. The molecule has 2 N–H and O–H groups in total. The highest BCUT2D eigenvalue weighted by Gasteiger charge is 2.31. The molecule has 0 spiro atoms. The maximum Gasteiger partial charge on any atom is 0.240 e. The van der Waals surface area contributed by atoms with Gasteiger partial charge in [0.15, 0.2) is 0 Å². The number of sulfonamides is 1. The second kappa shape index (κ2) is 10.1. The Kier molecular flexibility index (Phi) is 7.71. The van der Waals surface area contributed by atoms with Crippen molar-refractivity contribution in [2.45, 2.75) is 83.2 Å². The van der Waals surface area contributed by atoms with Gasteiger partial charge in [0.05, 0.1) is 15.9 Å². The van der Waals surface area contributed by atoms with Crippen molar-refractivity contribution in [2.24, 2.45) is 10.9 Å².